The number of aliphatic hydroxyl groups excluding tert-OH is 1. The van der Waals surface area contributed by atoms with Crippen molar-refractivity contribution in [1.29, 1.82) is 0 Å². The lowest BCUT2D eigenvalue weighted by Crippen LogP contribution is -2.29. The van der Waals surface area contributed by atoms with Gasteiger partial charge < -0.3 is 14.6 Å². The highest BCUT2D eigenvalue weighted by atomic mass is 35.5. The third kappa shape index (κ3) is 6.15. The topological polar surface area (TPSA) is 97.3 Å². The summed E-state index contributed by atoms with van der Waals surface area (Å²) < 4.78 is 11.2. The molecule has 0 bridgehead atoms. The first kappa shape index (κ1) is 27.4. The molecule has 8 heteroatoms. The Kier molecular flexibility index (Phi) is 9.67. The maximum absolute atomic E-state index is 13.6. The van der Waals surface area contributed by atoms with Gasteiger partial charge in [0.15, 0.2) is 5.78 Å². The second kappa shape index (κ2) is 12.7. The molecule has 2 aromatic heterocycles. The zero-order chi connectivity index (χ0) is 26.2. The van der Waals surface area contributed by atoms with E-state index < -0.39 is 0 Å². The average Bonchev–Trinajstić information content (AvgIpc) is 3.37. The summed E-state index contributed by atoms with van der Waals surface area (Å²) in [5.74, 6) is 1.31. The van der Waals surface area contributed by atoms with E-state index in [1.807, 2.05) is 38.1 Å². The number of pyridine rings is 1. The Hall–Kier alpha value is -3.16. The Morgan fingerprint density at radius 1 is 1.33 bits per heavy atom. The Labute approximate surface area is 217 Å². The van der Waals surface area contributed by atoms with E-state index >= 15 is 0 Å². The summed E-state index contributed by atoms with van der Waals surface area (Å²) in [6.07, 6.45) is 6.81. The molecule has 3 aromatic rings. The van der Waals surface area contributed by atoms with Crippen LogP contribution in [0.25, 0.3) is 16.8 Å². The Morgan fingerprint density at radius 2 is 2.08 bits per heavy atom. The van der Waals surface area contributed by atoms with Gasteiger partial charge >= 0.3 is 0 Å². The van der Waals surface area contributed by atoms with Crippen molar-refractivity contribution in [1.82, 2.24) is 15.2 Å². The van der Waals surface area contributed by atoms with Crippen LogP contribution >= 0.6 is 11.6 Å². The van der Waals surface area contributed by atoms with Crippen LogP contribution in [-0.4, -0.2) is 46.4 Å². The number of aromatic amines is 1. The second-order valence-corrected chi connectivity index (χ2v) is 9.32. The minimum absolute atomic E-state index is 0.0514. The summed E-state index contributed by atoms with van der Waals surface area (Å²) in [4.78, 5) is 18.2. The van der Waals surface area contributed by atoms with E-state index in [-0.39, 0.29) is 17.6 Å². The second-order valence-electron chi connectivity index (χ2n) is 8.88. The average molecular weight is 512 g/mol. The number of methoxy groups -OCH3 is 1. The first-order valence-corrected chi connectivity index (χ1v) is 12.5. The number of aliphatic hydroxyl groups is 1. The van der Waals surface area contributed by atoms with Crippen molar-refractivity contribution >= 4 is 23.0 Å². The van der Waals surface area contributed by atoms with Crippen LogP contribution in [0.1, 0.15) is 56.7 Å². The molecule has 1 unspecified atom stereocenters. The van der Waals surface area contributed by atoms with Crippen LogP contribution in [0, 0.1) is 5.92 Å². The van der Waals surface area contributed by atoms with Gasteiger partial charge in [-0.3, -0.25) is 9.78 Å². The Bertz CT molecular complexity index is 1220. The van der Waals surface area contributed by atoms with Gasteiger partial charge in [0.2, 0.25) is 5.88 Å². The zero-order valence-electron chi connectivity index (χ0n) is 21.5. The number of carbonyl (C=O) groups excluding carboxylic acids is 1. The summed E-state index contributed by atoms with van der Waals surface area (Å²) in [7, 11) is 1.59. The largest absolute Gasteiger partial charge is 0.493 e. The number of H-pyrrole nitrogens is 1. The molecule has 0 amide bonds. The number of hydrogen-bond acceptors (Lipinski definition) is 6. The molecule has 4 rings (SSSR count). The molecule has 0 saturated heterocycles. The van der Waals surface area contributed by atoms with Crippen molar-refractivity contribution in [3.05, 3.63) is 64.4 Å². The van der Waals surface area contributed by atoms with Gasteiger partial charge in [0, 0.05) is 29.0 Å². The summed E-state index contributed by atoms with van der Waals surface area (Å²) in [5.41, 5.74) is 5.03. The van der Waals surface area contributed by atoms with E-state index in [9.17, 15) is 4.79 Å². The number of halogens is 1. The predicted octanol–water partition coefficient (Wildman–Crippen LogP) is 5.87. The van der Waals surface area contributed by atoms with E-state index in [1.165, 1.54) is 0 Å². The first-order valence-electron chi connectivity index (χ1n) is 12.1. The fourth-order valence-electron chi connectivity index (χ4n) is 4.12. The maximum atomic E-state index is 13.6. The Morgan fingerprint density at radius 3 is 2.72 bits per heavy atom. The number of fused-ring (bicyclic) bond motifs is 1. The lowest BCUT2D eigenvalue weighted by Gasteiger charge is -2.26. The van der Waals surface area contributed by atoms with Gasteiger partial charge in [0.05, 0.1) is 37.1 Å². The lowest BCUT2D eigenvalue weighted by molar-refractivity contribution is -0.118. The van der Waals surface area contributed by atoms with Gasteiger partial charge in [-0.1, -0.05) is 38.4 Å². The van der Waals surface area contributed by atoms with Gasteiger partial charge in [-0.05, 0) is 61.1 Å². The molecule has 7 nitrogen and oxygen atoms in total. The standard InChI is InChI=1S/C25H26ClN3O3.C3H8O/c1-5-18(24(30)16-8-15-9-17(26)6-7-23(15)32-13-16)20-11-27-22(10-19(20)14(2)3)21-12-28-29-25(21)31-4;1-2-3-4/h5-7,9-12,14,16H,8,13H2,1-4H3,(H,28,29);4H,2-3H2,1H3/b18-5+;. The molecule has 0 saturated carbocycles. The fraction of sp³-hybridized carbons (Fsp3) is 0.393. The van der Waals surface area contributed by atoms with E-state index in [1.54, 1.807) is 25.6 Å². The summed E-state index contributed by atoms with van der Waals surface area (Å²) in [5, 5.41) is 15.4. The third-order valence-corrected chi connectivity index (χ3v) is 6.25. The molecule has 0 radical (unpaired) electrons. The molecule has 1 aromatic carbocycles. The predicted molar refractivity (Wildman–Crippen MR) is 143 cm³/mol. The van der Waals surface area contributed by atoms with Gasteiger partial charge in [-0.2, -0.15) is 5.10 Å². The molecule has 3 heterocycles. The zero-order valence-corrected chi connectivity index (χ0v) is 22.2. The SMILES string of the molecule is C/C=C(/C(=O)C1COc2ccc(Cl)cc2C1)c1cnc(-c2cn[nH]c2OC)cc1C(C)C.CCCO. The van der Waals surface area contributed by atoms with Gasteiger partial charge in [-0.25, -0.2) is 5.10 Å². The van der Waals surface area contributed by atoms with Crippen molar-refractivity contribution in [2.24, 2.45) is 5.92 Å². The number of ether oxygens (including phenoxy) is 2. The molecular formula is C28H34ClN3O4. The molecule has 36 heavy (non-hydrogen) atoms. The Balaban J connectivity index is 0.000000840. The molecule has 0 spiro atoms. The number of allylic oxidation sites excluding steroid dienone is 2. The van der Waals surface area contributed by atoms with E-state index in [0.29, 0.717) is 36.1 Å². The minimum atomic E-state index is -0.277. The quantitative estimate of drug-likeness (QED) is 0.385. The van der Waals surface area contributed by atoms with E-state index in [4.69, 9.17) is 26.2 Å². The fourth-order valence-corrected chi connectivity index (χ4v) is 4.31. The van der Waals surface area contributed by atoms with Gasteiger partial charge in [0.1, 0.15) is 5.75 Å². The maximum Gasteiger partial charge on any atom is 0.218 e. The highest BCUT2D eigenvalue weighted by Crippen LogP contribution is 2.36. The van der Waals surface area contributed by atoms with Crippen LogP contribution in [-0.2, 0) is 11.2 Å². The molecule has 192 valence electrons. The monoisotopic (exact) mass is 511 g/mol. The minimum Gasteiger partial charge on any atom is -0.493 e. The number of ketones is 1. The van der Waals surface area contributed by atoms with Crippen molar-refractivity contribution in [3.63, 3.8) is 0 Å². The van der Waals surface area contributed by atoms with Gasteiger partial charge in [0.25, 0.3) is 0 Å². The van der Waals surface area contributed by atoms with Crippen molar-refractivity contribution in [3.8, 4) is 22.9 Å². The number of carbonyl (C=O) groups is 1. The van der Waals surface area contributed by atoms with Crippen molar-refractivity contribution in [2.75, 3.05) is 20.3 Å². The van der Waals surface area contributed by atoms with Crippen LogP contribution in [0.2, 0.25) is 5.02 Å². The molecular weight excluding hydrogens is 478 g/mol. The number of Topliss-reactive ketones (excluding diaryl/α,β-unsaturated/α-hetero) is 1. The smallest absolute Gasteiger partial charge is 0.218 e. The van der Waals surface area contributed by atoms with Crippen molar-refractivity contribution < 1.29 is 19.4 Å². The normalized spacial score (nSPS) is 15.0. The molecule has 0 aliphatic carbocycles. The number of hydrogen-bond donors (Lipinski definition) is 2. The number of nitrogens with zero attached hydrogens (tertiary/aromatic N) is 2. The molecule has 1 atom stereocenters. The number of rotatable bonds is 7. The van der Waals surface area contributed by atoms with E-state index in [2.05, 4.69) is 29.0 Å². The van der Waals surface area contributed by atoms with Gasteiger partial charge in [-0.15, -0.1) is 0 Å². The lowest BCUT2D eigenvalue weighted by atomic mass is 9.84. The van der Waals surface area contributed by atoms with Crippen LogP contribution in [0.5, 0.6) is 11.6 Å². The first-order chi connectivity index (χ1) is 17.3. The van der Waals surface area contributed by atoms with Crippen LogP contribution in [0.3, 0.4) is 0 Å². The summed E-state index contributed by atoms with van der Waals surface area (Å²) in [6.45, 7) is 8.70. The molecule has 1 aliphatic rings. The summed E-state index contributed by atoms with van der Waals surface area (Å²) in [6, 6.07) is 7.55. The van der Waals surface area contributed by atoms with Crippen LogP contribution in [0.4, 0.5) is 0 Å². The van der Waals surface area contributed by atoms with Crippen molar-refractivity contribution in [2.45, 2.75) is 46.5 Å². The third-order valence-electron chi connectivity index (χ3n) is 6.01. The highest BCUT2D eigenvalue weighted by molar-refractivity contribution is 6.30. The molecule has 2 N–H and O–H groups in total. The van der Waals surface area contributed by atoms with Crippen LogP contribution in [0.15, 0.2) is 42.7 Å². The number of benzene rings is 1. The van der Waals surface area contributed by atoms with Crippen LogP contribution < -0.4 is 9.47 Å². The summed E-state index contributed by atoms with van der Waals surface area (Å²) >= 11 is 6.15. The number of nitrogens with one attached hydrogen (secondary N) is 1. The molecule has 0 fully saturated rings. The number of aromatic nitrogens is 3. The molecule has 1 aliphatic heterocycles. The van der Waals surface area contributed by atoms with E-state index in [0.717, 1.165) is 40.1 Å². The highest BCUT2D eigenvalue weighted by Gasteiger charge is 2.30.